The third-order valence-electron chi connectivity index (χ3n) is 6.24. The first-order chi connectivity index (χ1) is 16.5. The Morgan fingerprint density at radius 1 is 1.18 bits per heavy atom. The Morgan fingerprint density at radius 2 is 1.97 bits per heavy atom. The van der Waals surface area contributed by atoms with Crippen LogP contribution in [0.1, 0.15) is 71.3 Å². The molecule has 0 aliphatic carbocycles. The van der Waals surface area contributed by atoms with Gasteiger partial charge in [0.2, 0.25) is 0 Å². The summed E-state index contributed by atoms with van der Waals surface area (Å²) in [5.74, 6) is -0.520. The first-order valence-electron chi connectivity index (χ1n) is 11.8. The highest BCUT2D eigenvalue weighted by Gasteiger charge is 2.36. The second-order valence-corrected chi connectivity index (χ2v) is 8.34. The number of hydrogen-bond donors (Lipinski definition) is 1. The Balaban J connectivity index is 1.57. The molecule has 1 aromatic carbocycles. The number of fused-ring (bicyclic) bond motifs is 1. The van der Waals surface area contributed by atoms with E-state index in [0.29, 0.717) is 43.1 Å². The van der Waals surface area contributed by atoms with Crippen molar-refractivity contribution in [2.45, 2.75) is 58.5 Å². The Bertz CT molecular complexity index is 1030. The predicted molar refractivity (Wildman–Crippen MR) is 123 cm³/mol. The normalized spacial score (nSPS) is 18.2. The molecule has 9 nitrogen and oxygen atoms in total. The van der Waals surface area contributed by atoms with Crippen molar-refractivity contribution in [3.05, 3.63) is 58.9 Å². The van der Waals surface area contributed by atoms with Crippen LogP contribution >= 0.6 is 0 Å². The van der Waals surface area contributed by atoms with Crippen LogP contribution in [0.4, 0.5) is 4.79 Å². The molecule has 34 heavy (non-hydrogen) atoms. The third-order valence-corrected chi connectivity index (χ3v) is 6.24. The summed E-state index contributed by atoms with van der Waals surface area (Å²) in [5.41, 5.74) is 2.53. The maximum absolute atomic E-state index is 13.5. The number of amides is 2. The van der Waals surface area contributed by atoms with Gasteiger partial charge in [-0.2, -0.15) is 0 Å². The molecule has 2 amide bonds. The fraction of sp³-hybridized carbons (Fsp3) is 0.480. The molecule has 4 rings (SSSR count). The van der Waals surface area contributed by atoms with Crippen molar-refractivity contribution in [1.29, 1.82) is 0 Å². The summed E-state index contributed by atoms with van der Waals surface area (Å²) in [5, 5.41) is 3.10. The molecule has 1 saturated heterocycles. The van der Waals surface area contributed by atoms with Gasteiger partial charge in [0.1, 0.15) is 5.69 Å². The standard InChI is InChI=1S/C25H31N3O6/c1-3-19(17-9-6-5-7-10-17)26-23(29)18-15-20(27-13-14-32-16-21(18)27)24(30)28-12-8-11-22(28)34-25(31)33-4-2/h5-7,9-10,15,19,22H,3-4,8,11-14,16H2,1-2H3,(H,26,29)/t19-,22-/m1/s1. The van der Waals surface area contributed by atoms with Crippen LogP contribution < -0.4 is 5.32 Å². The SMILES string of the molecule is CCOC(=O)O[C@@H]1CCCN1C(=O)c1cc(C(=O)N[C@H](CC)c2ccccc2)c2n1CCOC2. The molecule has 1 fully saturated rings. The van der Waals surface area contributed by atoms with Gasteiger partial charge in [0.25, 0.3) is 11.8 Å². The van der Waals surface area contributed by atoms with Crippen molar-refractivity contribution in [1.82, 2.24) is 14.8 Å². The average Bonchev–Trinajstić information content (AvgIpc) is 3.47. The fourth-order valence-electron chi connectivity index (χ4n) is 4.54. The van der Waals surface area contributed by atoms with Gasteiger partial charge in [-0.3, -0.25) is 9.59 Å². The minimum atomic E-state index is -0.788. The molecule has 3 heterocycles. The lowest BCUT2D eigenvalue weighted by atomic mass is 10.0. The monoisotopic (exact) mass is 469 g/mol. The van der Waals surface area contributed by atoms with Gasteiger partial charge in [-0.25, -0.2) is 4.79 Å². The minimum absolute atomic E-state index is 0.145. The largest absolute Gasteiger partial charge is 0.510 e. The Hall–Kier alpha value is -3.33. The number of benzene rings is 1. The summed E-state index contributed by atoms with van der Waals surface area (Å²) in [6.45, 7) is 5.55. The fourth-order valence-corrected chi connectivity index (χ4v) is 4.54. The van der Waals surface area contributed by atoms with Gasteiger partial charge in [0.15, 0.2) is 6.23 Å². The number of rotatable bonds is 7. The lowest BCUT2D eigenvalue weighted by Crippen LogP contribution is -2.39. The van der Waals surface area contributed by atoms with Crippen LogP contribution in [0.25, 0.3) is 0 Å². The summed E-state index contributed by atoms with van der Waals surface area (Å²) < 4.78 is 17.7. The zero-order valence-corrected chi connectivity index (χ0v) is 19.6. The highest BCUT2D eigenvalue weighted by Crippen LogP contribution is 2.27. The molecule has 1 N–H and O–H groups in total. The van der Waals surface area contributed by atoms with E-state index in [4.69, 9.17) is 14.2 Å². The van der Waals surface area contributed by atoms with Crippen LogP contribution in [-0.4, -0.2) is 53.4 Å². The highest BCUT2D eigenvalue weighted by atomic mass is 16.7. The summed E-state index contributed by atoms with van der Waals surface area (Å²) in [6, 6.07) is 11.3. The average molecular weight is 470 g/mol. The van der Waals surface area contributed by atoms with E-state index in [9.17, 15) is 14.4 Å². The number of nitrogens with zero attached hydrogens (tertiary/aromatic N) is 2. The molecule has 1 aromatic heterocycles. The molecule has 182 valence electrons. The first kappa shape index (κ1) is 23.8. The van der Waals surface area contributed by atoms with Crippen LogP contribution in [0, 0.1) is 0 Å². The number of carbonyl (C=O) groups is 3. The molecule has 2 atom stereocenters. The topological polar surface area (TPSA) is 99.1 Å². The molecule has 0 unspecified atom stereocenters. The number of aromatic nitrogens is 1. The van der Waals surface area contributed by atoms with Crippen LogP contribution in [-0.2, 0) is 27.4 Å². The van der Waals surface area contributed by atoms with E-state index in [2.05, 4.69) is 5.32 Å². The van der Waals surface area contributed by atoms with Crippen LogP contribution in [0.15, 0.2) is 36.4 Å². The lowest BCUT2D eigenvalue weighted by Gasteiger charge is -2.25. The molecule has 2 aliphatic heterocycles. The van der Waals surface area contributed by atoms with Gasteiger partial charge in [-0.05, 0) is 31.4 Å². The van der Waals surface area contributed by atoms with Crippen LogP contribution in [0.3, 0.4) is 0 Å². The summed E-state index contributed by atoms with van der Waals surface area (Å²) >= 11 is 0. The first-order valence-corrected chi connectivity index (χ1v) is 11.8. The Morgan fingerprint density at radius 3 is 2.71 bits per heavy atom. The van der Waals surface area contributed by atoms with Crippen molar-refractivity contribution in [2.24, 2.45) is 0 Å². The van der Waals surface area contributed by atoms with Crippen molar-refractivity contribution in [3.63, 3.8) is 0 Å². The van der Waals surface area contributed by atoms with Crippen molar-refractivity contribution >= 4 is 18.0 Å². The number of nitrogens with one attached hydrogen (secondary N) is 1. The van der Waals surface area contributed by atoms with E-state index in [0.717, 1.165) is 18.4 Å². The van der Waals surface area contributed by atoms with Crippen molar-refractivity contribution in [3.8, 4) is 0 Å². The quantitative estimate of drug-likeness (QED) is 0.622. The smallest absolute Gasteiger partial charge is 0.435 e. The molecular formula is C25H31N3O6. The van der Waals surface area contributed by atoms with Gasteiger partial charge >= 0.3 is 6.16 Å². The molecule has 9 heteroatoms. The number of hydrogen-bond acceptors (Lipinski definition) is 6. The zero-order chi connectivity index (χ0) is 24.1. The number of ether oxygens (including phenoxy) is 3. The Labute approximate surface area is 199 Å². The molecule has 2 aromatic rings. The maximum Gasteiger partial charge on any atom is 0.510 e. The molecule has 0 spiro atoms. The van der Waals surface area contributed by atoms with Gasteiger partial charge in [-0.1, -0.05) is 37.3 Å². The second-order valence-electron chi connectivity index (χ2n) is 8.34. The van der Waals surface area contributed by atoms with E-state index in [1.54, 1.807) is 13.0 Å². The summed E-state index contributed by atoms with van der Waals surface area (Å²) in [6.07, 6.45) is 0.523. The second kappa shape index (κ2) is 10.7. The molecular weight excluding hydrogens is 438 g/mol. The predicted octanol–water partition coefficient (Wildman–Crippen LogP) is 3.63. The van der Waals surface area contributed by atoms with E-state index in [1.807, 2.05) is 41.8 Å². The van der Waals surface area contributed by atoms with E-state index < -0.39 is 12.4 Å². The molecule has 2 aliphatic rings. The van der Waals surface area contributed by atoms with E-state index >= 15 is 0 Å². The van der Waals surface area contributed by atoms with Crippen LogP contribution in [0.5, 0.6) is 0 Å². The summed E-state index contributed by atoms with van der Waals surface area (Å²) in [7, 11) is 0. The lowest BCUT2D eigenvalue weighted by molar-refractivity contribution is -0.0207. The summed E-state index contributed by atoms with van der Waals surface area (Å²) in [4.78, 5) is 40.2. The van der Waals surface area contributed by atoms with Gasteiger partial charge in [0, 0.05) is 19.5 Å². The molecule has 0 bridgehead atoms. The van der Waals surface area contributed by atoms with Crippen molar-refractivity contribution in [2.75, 3.05) is 19.8 Å². The van der Waals surface area contributed by atoms with Gasteiger partial charge in [-0.15, -0.1) is 0 Å². The minimum Gasteiger partial charge on any atom is -0.435 e. The van der Waals surface area contributed by atoms with Crippen LogP contribution in [0.2, 0.25) is 0 Å². The van der Waals surface area contributed by atoms with E-state index in [1.165, 1.54) is 4.90 Å². The van der Waals surface area contributed by atoms with Gasteiger partial charge < -0.3 is 29.0 Å². The highest BCUT2D eigenvalue weighted by molar-refractivity contribution is 6.01. The number of likely N-dealkylation sites (tertiary alicyclic amines) is 1. The molecule has 0 saturated carbocycles. The third kappa shape index (κ3) is 4.94. The van der Waals surface area contributed by atoms with E-state index in [-0.39, 0.29) is 31.1 Å². The van der Waals surface area contributed by atoms with Crippen molar-refractivity contribution < 1.29 is 28.6 Å². The number of carbonyl (C=O) groups excluding carboxylic acids is 3. The van der Waals surface area contributed by atoms with Gasteiger partial charge in [0.05, 0.1) is 37.1 Å². The zero-order valence-electron chi connectivity index (χ0n) is 19.6. The maximum atomic E-state index is 13.5. The molecule has 0 radical (unpaired) electrons. The Kier molecular flexibility index (Phi) is 7.52.